The van der Waals surface area contributed by atoms with Crippen LogP contribution in [-0.4, -0.2) is 102 Å². The fourth-order valence-corrected chi connectivity index (χ4v) is 5.69. The fraction of sp³-hybridized carbons (Fsp3) is 0.615. The molecule has 3 aliphatic heterocycles. The number of rotatable bonds is 4. The van der Waals surface area contributed by atoms with Gasteiger partial charge >= 0.3 is 6.18 Å². The van der Waals surface area contributed by atoms with Crippen molar-refractivity contribution >= 4 is 22.7 Å². The second-order valence-corrected chi connectivity index (χ2v) is 10.3. The third kappa shape index (κ3) is 5.80. The van der Waals surface area contributed by atoms with Crippen molar-refractivity contribution in [1.82, 2.24) is 19.3 Å². The van der Waals surface area contributed by atoms with E-state index in [4.69, 9.17) is 4.74 Å². The van der Waals surface area contributed by atoms with Crippen molar-refractivity contribution in [2.45, 2.75) is 50.4 Å². The smallest absolute Gasteiger partial charge is 0.379 e. The van der Waals surface area contributed by atoms with E-state index in [1.165, 1.54) is 29.2 Å². The van der Waals surface area contributed by atoms with Crippen molar-refractivity contribution < 1.29 is 36.3 Å². The van der Waals surface area contributed by atoms with Gasteiger partial charge in [0.2, 0.25) is 0 Å². The lowest BCUT2D eigenvalue weighted by atomic mass is 10.0. The van der Waals surface area contributed by atoms with Crippen LogP contribution in [-0.2, 0) is 11.3 Å². The number of carbonyl (C=O) groups excluding carboxylic acids is 2. The summed E-state index contributed by atoms with van der Waals surface area (Å²) in [6.07, 6.45) is -3.99. The lowest BCUT2D eigenvalue weighted by Gasteiger charge is -2.40. The molecular formula is C26H31F5N4O3. The van der Waals surface area contributed by atoms with Gasteiger partial charge < -0.3 is 19.1 Å². The van der Waals surface area contributed by atoms with Crippen molar-refractivity contribution in [2.24, 2.45) is 0 Å². The van der Waals surface area contributed by atoms with Crippen LogP contribution >= 0.6 is 0 Å². The minimum Gasteiger partial charge on any atom is -0.379 e. The van der Waals surface area contributed by atoms with Crippen LogP contribution in [0.3, 0.4) is 0 Å². The molecule has 0 spiro atoms. The Morgan fingerprint density at radius 3 is 2.16 bits per heavy atom. The number of piperidine rings is 2. The highest BCUT2D eigenvalue weighted by Gasteiger charge is 2.38. The number of hydrogen-bond donors (Lipinski definition) is 0. The number of amides is 2. The zero-order chi connectivity index (χ0) is 27.1. The normalized spacial score (nSPS) is 21.7. The molecule has 2 aromatic rings. The number of likely N-dealkylation sites (tertiary alicyclic amines) is 2. The van der Waals surface area contributed by atoms with E-state index < -0.39 is 37.4 Å². The molecule has 2 amide bonds. The van der Waals surface area contributed by atoms with Gasteiger partial charge in [0.15, 0.2) is 0 Å². The Morgan fingerprint density at radius 2 is 1.53 bits per heavy atom. The maximum Gasteiger partial charge on any atom is 0.406 e. The molecule has 0 aliphatic carbocycles. The minimum absolute atomic E-state index is 0.163. The Kier molecular flexibility index (Phi) is 7.38. The molecule has 0 radical (unpaired) electrons. The molecule has 1 aromatic carbocycles. The van der Waals surface area contributed by atoms with Crippen LogP contribution in [0.25, 0.3) is 10.9 Å². The summed E-state index contributed by atoms with van der Waals surface area (Å²) < 4.78 is 73.7. The van der Waals surface area contributed by atoms with Gasteiger partial charge in [-0.15, -0.1) is 0 Å². The first-order chi connectivity index (χ1) is 18.0. The number of fused-ring (bicyclic) bond motifs is 1. The van der Waals surface area contributed by atoms with Crippen molar-refractivity contribution in [3.63, 3.8) is 0 Å². The standard InChI is InChI=1S/C26H31F5N4O3/c27-25(28)5-9-34(10-6-25)24(37)22-16-19-15-18(1-2-21(19)35(22)17-26(29,30)31)23(36)33-7-3-20(4-8-33)32-11-13-38-14-12-32/h1-2,15-16,20H,3-14,17H2. The SMILES string of the molecule is O=C(c1ccc2c(c1)cc(C(=O)N1CCC(F)(F)CC1)n2CC(F)(F)F)N1CCC(N2CCOCC2)CC1. The van der Waals surface area contributed by atoms with E-state index in [-0.39, 0.29) is 30.2 Å². The summed E-state index contributed by atoms with van der Waals surface area (Å²) in [6.45, 7) is 2.48. The summed E-state index contributed by atoms with van der Waals surface area (Å²) in [4.78, 5) is 31.7. The second kappa shape index (κ2) is 10.4. The Labute approximate surface area is 217 Å². The highest BCUT2D eigenvalue weighted by molar-refractivity contribution is 6.02. The number of ether oxygens (including phenoxy) is 1. The topological polar surface area (TPSA) is 58.0 Å². The van der Waals surface area contributed by atoms with Crippen LogP contribution in [0.2, 0.25) is 0 Å². The molecule has 4 heterocycles. The average Bonchev–Trinajstić information content (AvgIpc) is 3.24. The molecule has 208 valence electrons. The summed E-state index contributed by atoms with van der Waals surface area (Å²) in [5, 5.41) is 0.328. The maximum absolute atomic E-state index is 13.6. The van der Waals surface area contributed by atoms with Crippen molar-refractivity contribution in [1.29, 1.82) is 0 Å². The first-order valence-electron chi connectivity index (χ1n) is 13.0. The average molecular weight is 543 g/mol. The number of benzene rings is 1. The summed E-state index contributed by atoms with van der Waals surface area (Å²) in [7, 11) is 0. The van der Waals surface area contributed by atoms with Crippen LogP contribution < -0.4 is 0 Å². The van der Waals surface area contributed by atoms with E-state index in [0.29, 0.717) is 43.3 Å². The molecule has 0 unspecified atom stereocenters. The molecule has 12 heteroatoms. The molecule has 0 bridgehead atoms. The van der Waals surface area contributed by atoms with E-state index in [1.54, 1.807) is 4.90 Å². The molecule has 3 fully saturated rings. The van der Waals surface area contributed by atoms with E-state index in [2.05, 4.69) is 4.90 Å². The number of nitrogens with zero attached hydrogens (tertiary/aromatic N) is 4. The van der Waals surface area contributed by atoms with E-state index in [1.807, 2.05) is 0 Å². The summed E-state index contributed by atoms with van der Waals surface area (Å²) in [5.41, 5.74) is 0.275. The second-order valence-electron chi connectivity index (χ2n) is 10.3. The maximum atomic E-state index is 13.6. The molecule has 0 N–H and O–H groups in total. The molecule has 5 rings (SSSR count). The van der Waals surface area contributed by atoms with Gasteiger partial charge in [-0.25, -0.2) is 8.78 Å². The number of halogens is 5. The van der Waals surface area contributed by atoms with Gasteiger partial charge in [-0.1, -0.05) is 0 Å². The number of hydrogen-bond acceptors (Lipinski definition) is 4. The largest absolute Gasteiger partial charge is 0.406 e. The predicted molar refractivity (Wildman–Crippen MR) is 129 cm³/mol. The van der Waals surface area contributed by atoms with E-state index in [9.17, 15) is 31.5 Å². The number of alkyl halides is 5. The summed E-state index contributed by atoms with van der Waals surface area (Å²) >= 11 is 0. The molecule has 0 saturated carbocycles. The van der Waals surface area contributed by atoms with Crippen molar-refractivity contribution in [2.75, 3.05) is 52.5 Å². The van der Waals surface area contributed by atoms with Crippen LogP contribution in [0.5, 0.6) is 0 Å². The number of morpholine rings is 1. The molecule has 3 aliphatic rings. The van der Waals surface area contributed by atoms with Gasteiger partial charge in [-0.05, 0) is 37.1 Å². The minimum atomic E-state index is -4.60. The highest BCUT2D eigenvalue weighted by atomic mass is 19.4. The van der Waals surface area contributed by atoms with E-state index in [0.717, 1.165) is 30.5 Å². The van der Waals surface area contributed by atoms with Crippen LogP contribution in [0, 0.1) is 0 Å². The Morgan fingerprint density at radius 1 is 0.895 bits per heavy atom. The molecule has 1 aromatic heterocycles. The zero-order valence-corrected chi connectivity index (χ0v) is 21.0. The summed E-state index contributed by atoms with van der Waals surface area (Å²) in [6, 6.07) is 6.15. The van der Waals surface area contributed by atoms with Crippen molar-refractivity contribution in [3.8, 4) is 0 Å². The molecule has 38 heavy (non-hydrogen) atoms. The molecule has 7 nitrogen and oxygen atoms in total. The Balaban J connectivity index is 1.35. The van der Waals surface area contributed by atoms with Crippen molar-refractivity contribution in [3.05, 3.63) is 35.5 Å². The first kappa shape index (κ1) is 26.9. The van der Waals surface area contributed by atoms with Crippen LogP contribution in [0.4, 0.5) is 22.0 Å². The lowest BCUT2D eigenvalue weighted by Crippen LogP contribution is -2.50. The predicted octanol–water partition coefficient (Wildman–Crippen LogP) is 4.01. The van der Waals surface area contributed by atoms with Gasteiger partial charge in [0, 0.05) is 74.6 Å². The van der Waals surface area contributed by atoms with Crippen LogP contribution in [0.15, 0.2) is 24.3 Å². The summed E-state index contributed by atoms with van der Waals surface area (Å²) in [5.74, 6) is -3.82. The fourth-order valence-electron chi connectivity index (χ4n) is 5.69. The van der Waals surface area contributed by atoms with E-state index >= 15 is 0 Å². The van der Waals surface area contributed by atoms with Gasteiger partial charge in [0.25, 0.3) is 17.7 Å². The number of carbonyl (C=O) groups is 2. The van der Waals surface area contributed by atoms with Gasteiger partial charge in [-0.3, -0.25) is 14.5 Å². The van der Waals surface area contributed by atoms with Gasteiger partial charge in [-0.2, -0.15) is 13.2 Å². The molecule has 0 atom stereocenters. The Bertz CT molecular complexity index is 1170. The lowest BCUT2D eigenvalue weighted by molar-refractivity contribution is -0.140. The highest BCUT2D eigenvalue weighted by Crippen LogP contribution is 2.31. The zero-order valence-electron chi connectivity index (χ0n) is 21.0. The molecular weight excluding hydrogens is 511 g/mol. The van der Waals surface area contributed by atoms with Gasteiger partial charge in [0.1, 0.15) is 12.2 Å². The monoisotopic (exact) mass is 542 g/mol. The molecule has 3 saturated heterocycles. The van der Waals surface area contributed by atoms with Gasteiger partial charge in [0.05, 0.1) is 13.2 Å². The third-order valence-corrected chi connectivity index (χ3v) is 7.80. The number of aromatic nitrogens is 1. The van der Waals surface area contributed by atoms with Crippen LogP contribution in [0.1, 0.15) is 46.5 Å². The first-order valence-corrected chi connectivity index (χ1v) is 13.0. The quantitative estimate of drug-likeness (QED) is 0.548. The third-order valence-electron chi connectivity index (χ3n) is 7.80. The Hall–Kier alpha value is -2.73.